The van der Waals surface area contributed by atoms with E-state index in [1.807, 2.05) is 18.2 Å². The first-order chi connectivity index (χ1) is 10.6. The molecule has 114 valence electrons. The van der Waals surface area contributed by atoms with E-state index in [0.29, 0.717) is 12.5 Å². The van der Waals surface area contributed by atoms with Crippen molar-refractivity contribution in [2.24, 2.45) is 0 Å². The second-order valence-electron chi connectivity index (χ2n) is 5.57. The molecule has 0 bridgehead atoms. The van der Waals surface area contributed by atoms with Crippen LogP contribution < -0.4 is 11.1 Å². The van der Waals surface area contributed by atoms with Crippen molar-refractivity contribution in [3.8, 4) is 0 Å². The molecular weight excluding hydrogens is 282 g/mol. The Bertz CT molecular complexity index is 686. The van der Waals surface area contributed by atoms with Crippen LogP contribution in [0.1, 0.15) is 24.8 Å². The van der Waals surface area contributed by atoms with Crippen LogP contribution in [-0.4, -0.2) is 21.4 Å². The summed E-state index contributed by atoms with van der Waals surface area (Å²) in [5.41, 5.74) is 6.69. The van der Waals surface area contributed by atoms with Crippen molar-refractivity contribution in [3.05, 3.63) is 52.2 Å². The van der Waals surface area contributed by atoms with E-state index in [1.165, 1.54) is 12.0 Å². The molecule has 1 aliphatic rings. The van der Waals surface area contributed by atoms with E-state index < -0.39 is 4.92 Å². The highest BCUT2D eigenvalue weighted by molar-refractivity contribution is 5.53. The van der Waals surface area contributed by atoms with Crippen molar-refractivity contribution < 1.29 is 4.92 Å². The molecule has 3 N–H and O–H groups in total. The molecule has 22 heavy (non-hydrogen) atoms. The number of aromatic nitrogens is 2. The molecule has 0 saturated heterocycles. The van der Waals surface area contributed by atoms with E-state index in [-0.39, 0.29) is 16.9 Å². The van der Waals surface area contributed by atoms with E-state index in [1.54, 1.807) is 0 Å². The Hall–Kier alpha value is -2.70. The van der Waals surface area contributed by atoms with Crippen molar-refractivity contribution in [2.45, 2.75) is 24.7 Å². The summed E-state index contributed by atoms with van der Waals surface area (Å²) in [6.07, 6.45) is 4.54. The number of nitrogen functional groups attached to an aromatic ring is 1. The number of nitrogens with zero attached hydrogens (tertiary/aromatic N) is 3. The molecule has 3 rings (SSSR count). The Morgan fingerprint density at radius 2 is 2.05 bits per heavy atom. The van der Waals surface area contributed by atoms with Crippen LogP contribution in [0.25, 0.3) is 0 Å². The standard InChI is InChI=1S/C15H17N5O2/c16-13-12(20(21)22)9-17-14(19-13)18-10-15(7-4-8-15)11-5-2-1-3-6-11/h1-3,5-6,9H,4,7-8,10H2,(H3,16,17,18,19). The predicted octanol–water partition coefficient (Wildman–Crippen LogP) is 2.50. The highest BCUT2D eigenvalue weighted by Gasteiger charge is 2.38. The summed E-state index contributed by atoms with van der Waals surface area (Å²) in [4.78, 5) is 18.1. The van der Waals surface area contributed by atoms with Gasteiger partial charge in [-0.05, 0) is 18.4 Å². The zero-order valence-electron chi connectivity index (χ0n) is 12.0. The van der Waals surface area contributed by atoms with Crippen molar-refractivity contribution >= 4 is 17.5 Å². The molecule has 2 aromatic rings. The van der Waals surface area contributed by atoms with Gasteiger partial charge in [0.2, 0.25) is 11.8 Å². The van der Waals surface area contributed by atoms with Crippen molar-refractivity contribution in [2.75, 3.05) is 17.6 Å². The second kappa shape index (κ2) is 5.59. The number of anilines is 2. The van der Waals surface area contributed by atoms with Crippen molar-refractivity contribution in [1.29, 1.82) is 0 Å². The van der Waals surface area contributed by atoms with Gasteiger partial charge in [0.05, 0.1) is 4.92 Å². The normalized spacial score (nSPS) is 15.8. The monoisotopic (exact) mass is 299 g/mol. The van der Waals surface area contributed by atoms with E-state index in [2.05, 4.69) is 27.4 Å². The van der Waals surface area contributed by atoms with Crippen molar-refractivity contribution in [3.63, 3.8) is 0 Å². The van der Waals surface area contributed by atoms with Gasteiger partial charge in [0.25, 0.3) is 0 Å². The molecule has 7 nitrogen and oxygen atoms in total. The average Bonchev–Trinajstić information content (AvgIpc) is 2.47. The van der Waals surface area contributed by atoms with Crippen LogP contribution >= 0.6 is 0 Å². The fraction of sp³-hybridized carbons (Fsp3) is 0.333. The maximum Gasteiger partial charge on any atom is 0.329 e. The van der Waals surface area contributed by atoms with Crippen LogP contribution in [0.4, 0.5) is 17.5 Å². The molecule has 1 aromatic heterocycles. The van der Waals surface area contributed by atoms with Crippen LogP contribution in [0.3, 0.4) is 0 Å². The molecule has 0 atom stereocenters. The Morgan fingerprint density at radius 3 is 2.59 bits per heavy atom. The molecule has 0 spiro atoms. The predicted molar refractivity (Wildman–Crippen MR) is 83.6 cm³/mol. The Labute approximate surface area is 127 Å². The van der Waals surface area contributed by atoms with E-state index in [0.717, 1.165) is 19.0 Å². The number of nitrogens with two attached hydrogens (primary N) is 1. The molecule has 7 heteroatoms. The first-order valence-corrected chi connectivity index (χ1v) is 7.17. The number of hydrogen-bond acceptors (Lipinski definition) is 6. The largest absolute Gasteiger partial charge is 0.378 e. The summed E-state index contributed by atoms with van der Waals surface area (Å²) in [5, 5.41) is 13.9. The molecule has 1 saturated carbocycles. The first-order valence-electron chi connectivity index (χ1n) is 7.17. The Kier molecular flexibility index (Phi) is 3.62. The van der Waals surface area contributed by atoms with Gasteiger partial charge in [0.1, 0.15) is 6.20 Å². The fourth-order valence-corrected chi connectivity index (χ4v) is 2.83. The summed E-state index contributed by atoms with van der Waals surface area (Å²) >= 11 is 0. The van der Waals surface area contributed by atoms with Gasteiger partial charge in [-0.2, -0.15) is 4.98 Å². The van der Waals surface area contributed by atoms with E-state index in [4.69, 9.17) is 5.73 Å². The molecule has 1 aromatic carbocycles. The van der Waals surface area contributed by atoms with Gasteiger partial charge in [-0.3, -0.25) is 10.1 Å². The molecule has 0 radical (unpaired) electrons. The summed E-state index contributed by atoms with van der Waals surface area (Å²) in [5.74, 6) is 0.204. The SMILES string of the molecule is Nc1nc(NCC2(c3ccccc3)CCC2)ncc1[N+](=O)[O-]. The van der Waals surface area contributed by atoms with Crippen LogP contribution in [-0.2, 0) is 5.41 Å². The number of rotatable bonds is 5. The summed E-state index contributed by atoms with van der Waals surface area (Å²) < 4.78 is 0. The summed E-state index contributed by atoms with van der Waals surface area (Å²) in [7, 11) is 0. The molecule has 0 amide bonds. The maximum atomic E-state index is 10.7. The molecule has 0 aliphatic heterocycles. The van der Waals surface area contributed by atoms with Gasteiger partial charge in [-0.15, -0.1) is 0 Å². The van der Waals surface area contributed by atoms with Gasteiger partial charge in [0.15, 0.2) is 0 Å². The lowest BCUT2D eigenvalue weighted by Crippen LogP contribution is -2.41. The van der Waals surface area contributed by atoms with E-state index in [9.17, 15) is 10.1 Å². The Morgan fingerprint density at radius 1 is 1.32 bits per heavy atom. The number of nitrogens with one attached hydrogen (secondary N) is 1. The highest BCUT2D eigenvalue weighted by Crippen LogP contribution is 2.43. The smallest absolute Gasteiger partial charge is 0.329 e. The number of nitro groups is 1. The fourth-order valence-electron chi connectivity index (χ4n) is 2.83. The molecule has 0 unspecified atom stereocenters. The quantitative estimate of drug-likeness (QED) is 0.649. The minimum absolute atomic E-state index is 0.0845. The molecule has 1 aliphatic carbocycles. The van der Waals surface area contributed by atoms with Gasteiger partial charge in [0, 0.05) is 12.0 Å². The van der Waals surface area contributed by atoms with Crippen LogP contribution in [0.2, 0.25) is 0 Å². The maximum absolute atomic E-state index is 10.7. The Balaban J connectivity index is 1.74. The van der Waals surface area contributed by atoms with Gasteiger partial charge < -0.3 is 11.1 Å². The zero-order chi connectivity index (χ0) is 15.6. The number of hydrogen-bond donors (Lipinski definition) is 2. The summed E-state index contributed by atoms with van der Waals surface area (Å²) in [6, 6.07) is 10.3. The second-order valence-corrected chi connectivity index (χ2v) is 5.57. The first kappa shape index (κ1) is 14.2. The molecule has 1 fully saturated rings. The van der Waals surface area contributed by atoms with E-state index >= 15 is 0 Å². The number of benzene rings is 1. The average molecular weight is 299 g/mol. The lowest BCUT2D eigenvalue weighted by atomic mass is 9.64. The van der Waals surface area contributed by atoms with Crippen LogP contribution in [0, 0.1) is 10.1 Å². The van der Waals surface area contributed by atoms with Gasteiger partial charge in [-0.25, -0.2) is 4.98 Å². The van der Waals surface area contributed by atoms with Gasteiger partial charge >= 0.3 is 5.69 Å². The van der Waals surface area contributed by atoms with Gasteiger partial charge in [-0.1, -0.05) is 36.8 Å². The van der Waals surface area contributed by atoms with Crippen LogP contribution in [0.15, 0.2) is 36.5 Å². The lowest BCUT2D eigenvalue weighted by molar-refractivity contribution is -0.384. The summed E-state index contributed by atoms with van der Waals surface area (Å²) in [6.45, 7) is 0.689. The minimum atomic E-state index is -0.587. The van der Waals surface area contributed by atoms with Crippen LogP contribution in [0.5, 0.6) is 0 Å². The molecule has 1 heterocycles. The third-order valence-electron chi connectivity index (χ3n) is 4.28. The third kappa shape index (κ3) is 2.57. The highest BCUT2D eigenvalue weighted by atomic mass is 16.6. The minimum Gasteiger partial charge on any atom is -0.378 e. The molecular formula is C15H17N5O2. The zero-order valence-corrected chi connectivity index (χ0v) is 12.0. The third-order valence-corrected chi connectivity index (χ3v) is 4.28. The van der Waals surface area contributed by atoms with Crippen molar-refractivity contribution in [1.82, 2.24) is 9.97 Å². The lowest BCUT2D eigenvalue weighted by Gasteiger charge is -2.42. The topological polar surface area (TPSA) is 107 Å².